The Bertz CT molecular complexity index is 1890. The molecule has 3 heterocycles. The molecule has 2 aromatic carbocycles. The Balaban J connectivity index is 1.25. The van der Waals surface area contributed by atoms with Gasteiger partial charge in [0.15, 0.2) is 9.81 Å². The molecule has 0 saturated carbocycles. The smallest absolute Gasteiger partial charge is 0.329 e. The van der Waals surface area contributed by atoms with Crippen LogP contribution in [-0.2, 0) is 30.6 Å². The van der Waals surface area contributed by atoms with Crippen LogP contribution < -0.4 is 16.4 Å². The molecule has 0 bridgehead atoms. The number of pyridine rings is 1. The van der Waals surface area contributed by atoms with Gasteiger partial charge in [0.05, 0.1) is 10.8 Å². The number of nitrogens with zero attached hydrogens (tertiary/aromatic N) is 4. The maximum Gasteiger partial charge on any atom is 0.329 e. The number of rotatable bonds is 9. The van der Waals surface area contributed by atoms with E-state index in [-0.39, 0.29) is 29.1 Å². The lowest BCUT2D eigenvalue weighted by Crippen LogP contribution is -2.62. The number of carbonyl (C=O) groups is 4. The fourth-order valence-electron chi connectivity index (χ4n) is 6.06. The van der Waals surface area contributed by atoms with E-state index in [1.54, 1.807) is 92.9 Å². The molecule has 2 saturated heterocycles. The van der Waals surface area contributed by atoms with E-state index in [9.17, 15) is 32.5 Å². The van der Waals surface area contributed by atoms with Gasteiger partial charge < -0.3 is 30.9 Å². The average Bonchev–Trinajstić information content (AvgIpc) is 3.44. The molecule has 2 aliphatic heterocycles. The van der Waals surface area contributed by atoms with Crippen molar-refractivity contribution in [2.45, 2.75) is 68.4 Å². The molecule has 0 aliphatic carbocycles. The topological polar surface area (TPSA) is 208 Å². The van der Waals surface area contributed by atoms with E-state index in [4.69, 9.17) is 10.5 Å². The van der Waals surface area contributed by atoms with Crippen molar-refractivity contribution in [2.75, 3.05) is 43.1 Å². The molecule has 5 rings (SSSR count). The fraction of sp³-hybridized carbons (Fsp3) is 0.417. The number of hydrogen-bond donors (Lipinski definition) is 5. The van der Waals surface area contributed by atoms with E-state index >= 15 is 0 Å². The summed E-state index contributed by atoms with van der Waals surface area (Å²) < 4.78 is 41.9. The molecule has 2 aliphatic rings. The molecular weight excluding hydrogens is 723 g/mol. The van der Waals surface area contributed by atoms with Crippen molar-refractivity contribution in [2.24, 2.45) is 0 Å². The number of nitrogens with two attached hydrogens (primary N) is 1. The minimum atomic E-state index is -5.74. The van der Waals surface area contributed by atoms with Gasteiger partial charge >= 0.3 is 12.0 Å². The van der Waals surface area contributed by atoms with Crippen LogP contribution in [0.4, 0.5) is 16.2 Å². The van der Waals surface area contributed by atoms with Gasteiger partial charge in [0.1, 0.15) is 17.7 Å². The molecule has 6 N–H and O–H groups in total. The molecule has 1 aromatic heterocycles. The van der Waals surface area contributed by atoms with Gasteiger partial charge in [-0.2, -0.15) is 4.31 Å². The highest BCUT2D eigenvalue weighted by Crippen LogP contribution is 2.47. The maximum atomic E-state index is 14.0. The summed E-state index contributed by atoms with van der Waals surface area (Å²) in [5.41, 5.74) is 7.08. The molecule has 2 atom stereocenters. The quantitative estimate of drug-likeness (QED) is 0.156. The number of aromatic nitrogens is 1. The second-order valence-electron chi connectivity index (χ2n) is 14.5. The van der Waals surface area contributed by atoms with E-state index in [0.29, 0.717) is 48.7 Å². The van der Waals surface area contributed by atoms with Crippen molar-refractivity contribution < 1.29 is 37.2 Å². The van der Waals surface area contributed by atoms with Gasteiger partial charge in [-0.3, -0.25) is 23.7 Å². The lowest BCUT2D eigenvalue weighted by atomic mass is 10.0. The second-order valence-corrected chi connectivity index (χ2v) is 18.7. The molecular formula is C36H47N7O8S2. The predicted molar refractivity (Wildman–Crippen MR) is 203 cm³/mol. The van der Waals surface area contributed by atoms with Crippen molar-refractivity contribution in [3.05, 3.63) is 84.2 Å². The number of thioether (sulfide) groups is 1. The molecule has 0 radical (unpaired) electrons. The van der Waals surface area contributed by atoms with Crippen molar-refractivity contribution >= 4 is 56.8 Å². The number of carbonyl (C=O) groups excluding carboxylic acids is 4. The van der Waals surface area contributed by atoms with Crippen LogP contribution in [0.5, 0.6) is 0 Å². The summed E-state index contributed by atoms with van der Waals surface area (Å²) in [5.74, 6) is -1.74. The summed E-state index contributed by atoms with van der Waals surface area (Å²) >= 11 is 1.21. The molecule has 4 amide bonds. The highest BCUT2D eigenvalue weighted by atomic mass is 32.3. The van der Waals surface area contributed by atoms with Gasteiger partial charge in [0, 0.05) is 66.7 Å². The number of nitrogens with one attached hydrogen (secondary N) is 2. The van der Waals surface area contributed by atoms with Crippen molar-refractivity contribution in [1.29, 1.82) is 0 Å². The maximum absolute atomic E-state index is 14.0. The molecule has 286 valence electrons. The van der Waals surface area contributed by atoms with Crippen LogP contribution in [0.25, 0.3) is 0 Å². The largest absolute Gasteiger partial charge is 0.458 e. The Kier molecular flexibility index (Phi) is 11.3. The summed E-state index contributed by atoms with van der Waals surface area (Å²) in [5, 5.41) is 5.60. The summed E-state index contributed by atoms with van der Waals surface area (Å²) in [6.45, 7) is 9.96. The van der Waals surface area contributed by atoms with E-state index in [1.165, 1.54) is 30.1 Å². The highest BCUT2D eigenvalue weighted by Gasteiger charge is 2.57. The van der Waals surface area contributed by atoms with E-state index in [2.05, 4.69) is 15.6 Å². The third-order valence-corrected chi connectivity index (χ3v) is 12.7. The second kappa shape index (κ2) is 15.1. The number of benzene rings is 2. The van der Waals surface area contributed by atoms with Crippen molar-refractivity contribution in [3.8, 4) is 0 Å². The van der Waals surface area contributed by atoms with Crippen LogP contribution in [0.2, 0.25) is 0 Å². The minimum absolute atomic E-state index is 0.000825. The molecule has 53 heavy (non-hydrogen) atoms. The zero-order chi connectivity index (χ0) is 38.8. The number of piperazine rings is 1. The summed E-state index contributed by atoms with van der Waals surface area (Å²) in [7, 11) is -5.74. The van der Waals surface area contributed by atoms with Gasteiger partial charge in [-0.05, 0) is 88.7 Å². The number of anilines is 2. The predicted octanol–water partition coefficient (Wildman–Crippen LogP) is 3.92. The lowest BCUT2D eigenvalue weighted by molar-refractivity contribution is -0.158. The summed E-state index contributed by atoms with van der Waals surface area (Å²) in [4.78, 5) is 60.2. The van der Waals surface area contributed by atoms with E-state index < -0.39 is 44.1 Å². The molecule has 0 unspecified atom stereocenters. The third kappa shape index (κ3) is 9.34. The molecule has 15 nitrogen and oxygen atoms in total. The lowest BCUT2D eigenvalue weighted by Gasteiger charge is -2.43. The Morgan fingerprint density at radius 2 is 1.62 bits per heavy atom. The number of hydrogen-bond acceptors (Lipinski definition) is 9. The Morgan fingerprint density at radius 3 is 2.21 bits per heavy atom. The molecule has 3 aromatic rings. The molecule has 0 spiro atoms. The highest BCUT2D eigenvalue weighted by molar-refractivity contribution is 8.09. The number of ether oxygens (including phenoxy) is 1. The molecule has 2 fully saturated rings. The third-order valence-electron chi connectivity index (χ3n) is 8.89. The SMILES string of the molecule is CC(C)(C)OC(=O)[C@H](Cc1ccc(NC(=O)N2CCN(C(=O)c3ccc(N)cc3)CC2)cc1)NC(=O)[C@H]1N(S(=O)(O)(O)c2cccnc2)CSC1(C)C. The van der Waals surface area contributed by atoms with Gasteiger partial charge in [-0.1, -0.05) is 12.1 Å². The first-order valence-corrected chi connectivity index (χ1v) is 19.9. The van der Waals surface area contributed by atoms with Gasteiger partial charge in [-0.15, -0.1) is 11.8 Å². The van der Waals surface area contributed by atoms with Gasteiger partial charge in [0.2, 0.25) is 5.91 Å². The standard InChI is InChI=1S/C36H47N7O8S2/c1-35(2,3)51-33(46)29(40-31(44)30-36(4,5)52-23-43(30)53(48,49,50)28-7-6-16-38-22-28)21-24-8-14-27(15-9-24)39-34(47)42-19-17-41(18-20-42)32(45)25-10-12-26(37)13-11-25/h6-16,22,29-30H,17-21,23,37H2,1-5H3,(H,39,47)(H,40,44)(H2,48,49,50)/t29-,30+/m0/s1. The minimum Gasteiger partial charge on any atom is -0.458 e. The van der Waals surface area contributed by atoms with Crippen molar-refractivity contribution in [1.82, 2.24) is 24.4 Å². The monoisotopic (exact) mass is 769 g/mol. The number of amides is 4. The molecule has 17 heteroatoms. The Morgan fingerprint density at radius 1 is 1.00 bits per heavy atom. The first-order chi connectivity index (χ1) is 24.7. The first kappa shape index (κ1) is 39.7. The van der Waals surface area contributed by atoms with E-state index in [0.717, 1.165) is 10.5 Å². The van der Waals surface area contributed by atoms with Crippen LogP contribution in [0.15, 0.2) is 78.0 Å². The fourth-order valence-corrected chi connectivity index (χ4v) is 9.61. The number of esters is 1. The van der Waals surface area contributed by atoms with Crippen LogP contribution in [0.1, 0.15) is 50.5 Å². The van der Waals surface area contributed by atoms with E-state index in [1.807, 2.05) is 0 Å². The van der Waals surface area contributed by atoms with Crippen LogP contribution >= 0.6 is 11.8 Å². The zero-order valence-corrected chi connectivity index (χ0v) is 32.0. The summed E-state index contributed by atoms with van der Waals surface area (Å²) in [6, 6.07) is 13.3. The van der Waals surface area contributed by atoms with Crippen LogP contribution in [-0.4, -0.2) is 111 Å². The zero-order valence-electron chi connectivity index (χ0n) is 30.4. The van der Waals surface area contributed by atoms with Gasteiger partial charge in [-0.25, -0.2) is 13.8 Å². The summed E-state index contributed by atoms with van der Waals surface area (Å²) in [6.07, 6.45) is 2.46. The number of urea groups is 1. The Hall–Kier alpha value is -4.55. The Labute approximate surface area is 313 Å². The van der Waals surface area contributed by atoms with Crippen molar-refractivity contribution in [3.63, 3.8) is 0 Å². The average molecular weight is 770 g/mol. The number of nitrogen functional groups attached to an aromatic ring is 1. The van der Waals surface area contributed by atoms with Crippen LogP contribution in [0.3, 0.4) is 0 Å². The first-order valence-electron chi connectivity index (χ1n) is 17.0. The van der Waals surface area contributed by atoms with Crippen LogP contribution in [0, 0.1) is 0 Å². The van der Waals surface area contributed by atoms with Gasteiger partial charge in [0.25, 0.3) is 5.91 Å². The normalized spacial score (nSPS) is 19.1.